The zero-order valence-electron chi connectivity index (χ0n) is 22.8. The lowest BCUT2D eigenvalue weighted by Gasteiger charge is -2.22. The van der Waals surface area contributed by atoms with E-state index in [1.165, 1.54) is 48.2 Å². The van der Waals surface area contributed by atoms with Crippen LogP contribution in [0, 0.1) is 22.7 Å². The predicted molar refractivity (Wildman–Crippen MR) is 174 cm³/mol. The van der Waals surface area contributed by atoms with Gasteiger partial charge in [0.25, 0.3) is 0 Å². The molecular weight excluding hydrogens is 531 g/mol. The first-order valence-corrected chi connectivity index (χ1v) is 15.1. The Morgan fingerprint density at radius 3 is 2.33 bits per heavy atom. The number of allylic oxidation sites excluding steroid dienone is 5. The smallest absolute Gasteiger partial charge is 0.0994 e. The van der Waals surface area contributed by atoms with Gasteiger partial charge in [-0.1, -0.05) is 66.8 Å². The topological polar surface area (TPSA) is 52.5 Å². The fourth-order valence-electron chi connectivity index (χ4n) is 6.79. The Balaban J connectivity index is 1.24. The van der Waals surface area contributed by atoms with Crippen LogP contribution in [0.4, 0.5) is 0 Å². The Hall–Kier alpha value is -5.16. The van der Waals surface area contributed by atoms with Crippen molar-refractivity contribution < 1.29 is 0 Å². The van der Waals surface area contributed by atoms with Gasteiger partial charge < -0.3 is 4.57 Å². The summed E-state index contributed by atoms with van der Waals surface area (Å²) in [7, 11) is 0. The minimum atomic E-state index is 0.109. The number of thiophene rings is 1. The molecule has 0 saturated carbocycles. The van der Waals surface area contributed by atoms with E-state index in [1.807, 2.05) is 12.1 Å². The number of benzene rings is 4. The van der Waals surface area contributed by atoms with Crippen LogP contribution in [0.5, 0.6) is 0 Å². The lowest BCUT2D eigenvalue weighted by atomic mass is 9.83. The van der Waals surface area contributed by atoms with Gasteiger partial charge in [-0.3, -0.25) is 0 Å². The molecule has 198 valence electrons. The maximum absolute atomic E-state index is 10.4. The fourth-order valence-corrected chi connectivity index (χ4v) is 7.92. The summed E-state index contributed by atoms with van der Waals surface area (Å²) in [5.41, 5.74) is 9.67. The van der Waals surface area contributed by atoms with Crippen LogP contribution in [-0.2, 0) is 6.42 Å². The van der Waals surface area contributed by atoms with Gasteiger partial charge in [0.15, 0.2) is 0 Å². The van der Waals surface area contributed by atoms with Gasteiger partial charge in [-0.2, -0.15) is 10.5 Å². The van der Waals surface area contributed by atoms with E-state index in [9.17, 15) is 10.5 Å². The third kappa shape index (κ3) is 3.77. The summed E-state index contributed by atoms with van der Waals surface area (Å²) in [6.07, 6.45) is 11.7. The van der Waals surface area contributed by atoms with Gasteiger partial charge in [-0.05, 0) is 83.8 Å². The normalized spacial score (nSPS) is 16.2. The highest BCUT2D eigenvalue weighted by atomic mass is 32.1. The molecule has 0 bridgehead atoms. The van der Waals surface area contributed by atoms with Crippen molar-refractivity contribution in [1.29, 1.82) is 10.5 Å². The second-order valence-corrected chi connectivity index (χ2v) is 12.1. The number of fused-ring (bicyclic) bond motifs is 6. The highest BCUT2D eigenvalue weighted by molar-refractivity contribution is 7.20. The second-order valence-electron chi connectivity index (χ2n) is 11.0. The Morgan fingerprint density at radius 1 is 0.786 bits per heavy atom. The van der Waals surface area contributed by atoms with Crippen molar-refractivity contribution in [2.75, 3.05) is 0 Å². The van der Waals surface area contributed by atoms with E-state index in [0.29, 0.717) is 5.56 Å². The molecule has 2 aromatic heterocycles. The Bertz CT molecular complexity index is 2200. The molecule has 1 atom stereocenters. The Kier molecular flexibility index (Phi) is 5.71. The summed E-state index contributed by atoms with van der Waals surface area (Å²) in [5.74, 6) is 0.109. The van der Waals surface area contributed by atoms with E-state index in [1.54, 1.807) is 11.3 Å². The minimum absolute atomic E-state index is 0.109. The number of hydrogen-bond acceptors (Lipinski definition) is 3. The molecule has 2 heterocycles. The molecule has 8 rings (SSSR count). The number of nitriles is 2. The van der Waals surface area contributed by atoms with E-state index in [-0.39, 0.29) is 5.92 Å². The maximum atomic E-state index is 10.4. The first-order chi connectivity index (χ1) is 20.7. The summed E-state index contributed by atoms with van der Waals surface area (Å²) in [5, 5.41) is 23.5. The molecule has 6 aromatic rings. The molecule has 1 unspecified atom stereocenters. The van der Waals surface area contributed by atoms with Crippen molar-refractivity contribution >= 4 is 60.6 Å². The van der Waals surface area contributed by atoms with Crippen LogP contribution in [0.25, 0.3) is 49.2 Å². The number of nitrogens with zero attached hydrogens (tertiary/aromatic N) is 3. The maximum Gasteiger partial charge on any atom is 0.0994 e. The Labute approximate surface area is 248 Å². The number of rotatable bonds is 3. The molecule has 0 amide bonds. The molecule has 2 aliphatic carbocycles. The molecule has 0 aliphatic heterocycles. The summed E-state index contributed by atoms with van der Waals surface area (Å²) >= 11 is 1.77. The quantitative estimate of drug-likeness (QED) is 0.218. The average Bonchev–Trinajstić information content (AvgIpc) is 3.59. The van der Waals surface area contributed by atoms with Gasteiger partial charge in [0.2, 0.25) is 0 Å². The summed E-state index contributed by atoms with van der Waals surface area (Å²) in [4.78, 5) is 1.25. The van der Waals surface area contributed by atoms with E-state index >= 15 is 0 Å². The fraction of sp³-hybridized carbons (Fsp3) is 0.105. The van der Waals surface area contributed by atoms with Gasteiger partial charge in [0, 0.05) is 37.5 Å². The molecule has 2 aliphatic rings. The van der Waals surface area contributed by atoms with Gasteiger partial charge in [0.05, 0.1) is 34.3 Å². The van der Waals surface area contributed by atoms with Gasteiger partial charge >= 0.3 is 0 Å². The zero-order valence-corrected chi connectivity index (χ0v) is 23.7. The lowest BCUT2D eigenvalue weighted by Crippen LogP contribution is -2.07. The highest BCUT2D eigenvalue weighted by Gasteiger charge is 2.24. The van der Waals surface area contributed by atoms with Crippen molar-refractivity contribution in [1.82, 2.24) is 4.57 Å². The molecule has 0 spiro atoms. The van der Waals surface area contributed by atoms with Gasteiger partial charge in [0.1, 0.15) is 0 Å². The SMILES string of the molecule is N#Cc1ccc2sc3c(c2c1)CC(c1ccc(C2=C(n4c5ccccc5c5ccccc54)CCC=C2)cc1C#N)C=C3. The molecule has 42 heavy (non-hydrogen) atoms. The molecular formula is C38H25N3S. The number of hydrogen-bond donors (Lipinski definition) is 0. The minimum Gasteiger partial charge on any atom is -0.312 e. The van der Waals surface area contributed by atoms with E-state index < -0.39 is 0 Å². The molecule has 0 radical (unpaired) electrons. The average molecular weight is 556 g/mol. The molecule has 3 nitrogen and oxygen atoms in total. The monoisotopic (exact) mass is 555 g/mol. The molecule has 0 N–H and O–H groups in total. The van der Waals surface area contributed by atoms with Crippen LogP contribution in [0.15, 0.2) is 103 Å². The Morgan fingerprint density at radius 2 is 1.57 bits per heavy atom. The van der Waals surface area contributed by atoms with Crippen molar-refractivity contribution in [2.24, 2.45) is 0 Å². The summed E-state index contributed by atoms with van der Waals surface area (Å²) in [6, 6.07) is 34.4. The van der Waals surface area contributed by atoms with Crippen LogP contribution in [0.3, 0.4) is 0 Å². The number of para-hydroxylation sites is 2. The van der Waals surface area contributed by atoms with Gasteiger partial charge in [-0.25, -0.2) is 0 Å². The van der Waals surface area contributed by atoms with Crippen molar-refractivity contribution in [3.8, 4) is 12.1 Å². The van der Waals surface area contributed by atoms with Crippen molar-refractivity contribution in [2.45, 2.75) is 25.2 Å². The van der Waals surface area contributed by atoms with E-state index in [2.05, 4.69) is 114 Å². The summed E-state index contributed by atoms with van der Waals surface area (Å²) < 4.78 is 3.63. The highest BCUT2D eigenvalue weighted by Crippen LogP contribution is 2.42. The van der Waals surface area contributed by atoms with E-state index in [4.69, 9.17) is 0 Å². The van der Waals surface area contributed by atoms with Crippen LogP contribution >= 0.6 is 11.3 Å². The third-order valence-corrected chi connectivity index (χ3v) is 9.91. The molecule has 4 heteroatoms. The molecule has 4 aromatic carbocycles. The van der Waals surface area contributed by atoms with E-state index in [0.717, 1.165) is 41.3 Å². The first kappa shape index (κ1) is 24.6. The van der Waals surface area contributed by atoms with Crippen molar-refractivity contribution in [3.05, 3.63) is 136 Å². The molecule has 0 saturated heterocycles. The lowest BCUT2D eigenvalue weighted by molar-refractivity contribution is 0.833. The van der Waals surface area contributed by atoms with Crippen molar-refractivity contribution in [3.63, 3.8) is 0 Å². The summed E-state index contributed by atoms with van der Waals surface area (Å²) in [6.45, 7) is 0. The number of aromatic nitrogens is 1. The van der Waals surface area contributed by atoms with Crippen LogP contribution < -0.4 is 0 Å². The largest absolute Gasteiger partial charge is 0.312 e. The zero-order chi connectivity index (χ0) is 28.2. The molecule has 0 fully saturated rings. The standard InChI is InChI=1S/C38H25N3S/c39-22-24-13-17-37-32(19-24)33-21-26(15-18-38(33)42-37)28-16-14-25(20-27(28)23-40)29-7-1-4-10-34(29)41-35-11-5-2-8-30(35)31-9-3-6-12-36(31)41/h1-3,5-9,11-20,26H,4,10,21H2. The third-order valence-electron chi connectivity index (χ3n) is 8.73. The van der Waals surface area contributed by atoms with Gasteiger partial charge in [-0.15, -0.1) is 11.3 Å². The second kappa shape index (κ2) is 9.74. The van der Waals surface area contributed by atoms with Crippen LogP contribution in [0.1, 0.15) is 51.5 Å². The first-order valence-electron chi connectivity index (χ1n) is 14.3. The van der Waals surface area contributed by atoms with Crippen LogP contribution in [0.2, 0.25) is 0 Å². The predicted octanol–water partition coefficient (Wildman–Crippen LogP) is 9.82. The van der Waals surface area contributed by atoms with Crippen LogP contribution in [-0.4, -0.2) is 4.57 Å².